The van der Waals surface area contributed by atoms with Crippen LogP contribution in [0.25, 0.3) is 0 Å². The number of nitrogens with two attached hydrogens (primary N) is 1. The summed E-state index contributed by atoms with van der Waals surface area (Å²) in [5, 5.41) is 3.27. The first kappa shape index (κ1) is 13.5. The Hall–Kier alpha value is -1.98. The second kappa shape index (κ2) is 6.26. The molecular weight excluding hydrogens is 258 g/mol. The van der Waals surface area contributed by atoms with Gasteiger partial charge in [-0.25, -0.2) is 0 Å². The number of hydrogen-bond donors (Lipinski definition) is 2. The summed E-state index contributed by atoms with van der Waals surface area (Å²) in [5.74, 6) is 0. The SMILES string of the molecule is COCc1cccc(Nc2cccnc2C(N)=S)c1. The van der Waals surface area contributed by atoms with Gasteiger partial charge in [0, 0.05) is 19.0 Å². The molecule has 0 saturated carbocycles. The maximum atomic E-state index is 5.65. The summed E-state index contributed by atoms with van der Waals surface area (Å²) in [6, 6.07) is 11.7. The van der Waals surface area contributed by atoms with Crippen LogP contribution < -0.4 is 11.1 Å². The monoisotopic (exact) mass is 273 g/mol. The molecule has 5 heteroatoms. The predicted molar refractivity (Wildman–Crippen MR) is 80.6 cm³/mol. The van der Waals surface area contributed by atoms with Gasteiger partial charge in [0.1, 0.15) is 10.7 Å². The number of methoxy groups -OCH3 is 1. The topological polar surface area (TPSA) is 60.2 Å². The standard InChI is InChI=1S/C14H15N3OS/c1-18-9-10-4-2-5-11(8-10)17-12-6-3-7-16-13(12)14(15)19/h2-8,17H,9H2,1H3,(H2,15,19). The van der Waals surface area contributed by atoms with Crippen molar-refractivity contribution in [1.82, 2.24) is 4.98 Å². The fourth-order valence-electron chi connectivity index (χ4n) is 1.76. The van der Waals surface area contributed by atoms with Crippen LogP contribution in [-0.2, 0) is 11.3 Å². The van der Waals surface area contributed by atoms with Crippen molar-refractivity contribution in [2.45, 2.75) is 6.61 Å². The van der Waals surface area contributed by atoms with Crippen LogP contribution in [0.3, 0.4) is 0 Å². The van der Waals surface area contributed by atoms with Crippen molar-refractivity contribution in [1.29, 1.82) is 0 Å². The molecule has 0 atom stereocenters. The van der Waals surface area contributed by atoms with Crippen molar-refractivity contribution in [3.8, 4) is 0 Å². The molecule has 0 aliphatic rings. The Morgan fingerprint density at radius 2 is 2.21 bits per heavy atom. The molecule has 0 fully saturated rings. The third-order valence-electron chi connectivity index (χ3n) is 2.56. The smallest absolute Gasteiger partial charge is 0.124 e. The maximum Gasteiger partial charge on any atom is 0.124 e. The molecule has 0 radical (unpaired) electrons. The molecule has 2 aromatic rings. The van der Waals surface area contributed by atoms with Crippen LogP contribution in [0.4, 0.5) is 11.4 Å². The summed E-state index contributed by atoms with van der Waals surface area (Å²) in [7, 11) is 1.67. The minimum absolute atomic E-state index is 0.274. The molecule has 2 rings (SSSR count). The third kappa shape index (κ3) is 3.49. The van der Waals surface area contributed by atoms with Crippen molar-refractivity contribution in [3.63, 3.8) is 0 Å². The molecule has 0 saturated heterocycles. The van der Waals surface area contributed by atoms with E-state index >= 15 is 0 Å². The molecule has 1 aromatic heterocycles. The van der Waals surface area contributed by atoms with Gasteiger partial charge in [-0.15, -0.1) is 0 Å². The molecule has 4 nitrogen and oxygen atoms in total. The summed E-state index contributed by atoms with van der Waals surface area (Å²) in [4.78, 5) is 4.45. The van der Waals surface area contributed by atoms with E-state index in [0.717, 1.165) is 16.9 Å². The molecule has 0 amide bonds. The highest BCUT2D eigenvalue weighted by atomic mass is 32.1. The molecule has 3 N–H and O–H groups in total. The Balaban J connectivity index is 2.26. The van der Waals surface area contributed by atoms with Crippen molar-refractivity contribution < 1.29 is 4.74 Å². The quantitative estimate of drug-likeness (QED) is 0.820. The van der Waals surface area contributed by atoms with Crippen LogP contribution >= 0.6 is 12.2 Å². The van der Waals surface area contributed by atoms with Gasteiger partial charge in [0.15, 0.2) is 0 Å². The number of anilines is 2. The Morgan fingerprint density at radius 1 is 1.37 bits per heavy atom. The molecule has 0 aliphatic carbocycles. The van der Waals surface area contributed by atoms with Gasteiger partial charge in [-0.2, -0.15) is 0 Å². The molecule has 0 spiro atoms. The highest BCUT2D eigenvalue weighted by Crippen LogP contribution is 2.20. The minimum Gasteiger partial charge on any atom is -0.388 e. The van der Waals surface area contributed by atoms with Gasteiger partial charge in [-0.1, -0.05) is 24.4 Å². The van der Waals surface area contributed by atoms with Crippen LogP contribution in [0, 0.1) is 0 Å². The van der Waals surface area contributed by atoms with Gasteiger partial charge in [0.05, 0.1) is 12.3 Å². The Kier molecular flexibility index (Phi) is 4.43. The number of hydrogen-bond acceptors (Lipinski definition) is 4. The van der Waals surface area contributed by atoms with Crippen LogP contribution in [0.5, 0.6) is 0 Å². The van der Waals surface area contributed by atoms with E-state index in [1.165, 1.54) is 0 Å². The van der Waals surface area contributed by atoms with E-state index in [0.29, 0.717) is 12.3 Å². The normalized spacial score (nSPS) is 10.2. The molecule has 1 aromatic carbocycles. The van der Waals surface area contributed by atoms with Crippen molar-refractivity contribution >= 4 is 28.6 Å². The number of pyridine rings is 1. The van der Waals surface area contributed by atoms with Crippen LogP contribution in [0.2, 0.25) is 0 Å². The molecule has 0 unspecified atom stereocenters. The van der Waals surface area contributed by atoms with Crippen LogP contribution in [0.15, 0.2) is 42.6 Å². The van der Waals surface area contributed by atoms with Gasteiger partial charge in [-0.3, -0.25) is 4.98 Å². The zero-order chi connectivity index (χ0) is 13.7. The molecule has 98 valence electrons. The average Bonchev–Trinajstić information content (AvgIpc) is 2.40. The van der Waals surface area contributed by atoms with E-state index in [1.807, 2.05) is 36.4 Å². The second-order valence-corrected chi connectivity index (χ2v) is 4.46. The van der Waals surface area contributed by atoms with E-state index in [9.17, 15) is 0 Å². The minimum atomic E-state index is 0.274. The number of ether oxygens (including phenoxy) is 1. The summed E-state index contributed by atoms with van der Waals surface area (Å²) in [5.41, 5.74) is 9.08. The van der Waals surface area contributed by atoms with Crippen molar-refractivity contribution in [2.24, 2.45) is 5.73 Å². The lowest BCUT2D eigenvalue weighted by molar-refractivity contribution is 0.185. The number of thiocarbonyl (C=S) groups is 1. The lowest BCUT2D eigenvalue weighted by Crippen LogP contribution is -2.13. The lowest BCUT2D eigenvalue weighted by Gasteiger charge is -2.11. The van der Waals surface area contributed by atoms with Gasteiger partial charge in [0.25, 0.3) is 0 Å². The van der Waals surface area contributed by atoms with Crippen LogP contribution in [-0.4, -0.2) is 17.1 Å². The highest BCUT2D eigenvalue weighted by molar-refractivity contribution is 7.80. The molecule has 1 heterocycles. The second-order valence-electron chi connectivity index (χ2n) is 4.02. The zero-order valence-electron chi connectivity index (χ0n) is 10.6. The number of nitrogens with one attached hydrogen (secondary N) is 1. The van der Waals surface area contributed by atoms with E-state index < -0.39 is 0 Å². The van der Waals surface area contributed by atoms with Gasteiger partial charge in [-0.05, 0) is 29.8 Å². The Morgan fingerprint density at radius 3 is 2.95 bits per heavy atom. The van der Waals surface area contributed by atoms with E-state index in [2.05, 4.69) is 10.3 Å². The maximum absolute atomic E-state index is 5.65. The number of aromatic nitrogens is 1. The average molecular weight is 273 g/mol. The highest BCUT2D eigenvalue weighted by Gasteiger charge is 2.06. The fraction of sp³-hybridized carbons (Fsp3) is 0.143. The fourth-order valence-corrected chi connectivity index (χ4v) is 1.93. The number of nitrogens with zero attached hydrogens (tertiary/aromatic N) is 1. The lowest BCUT2D eigenvalue weighted by atomic mass is 10.2. The van der Waals surface area contributed by atoms with E-state index in [4.69, 9.17) is 22.7 Å². The third-order valence-corrected chi connectivity index (χ3v) is 2.75. The van der Waals surface area contributed by atoms with Gasteiger partial charge in [0.2, 0.25) is 0 Å². The largest absolute Gasteiger partial charge is 0.388 e. The zero-order valence-corrected chi connectivity index (χ0v) is 11.4. The van der Waals surface area contributed by atoms with Crippen LogP contribution in [0.1, 0.15) is 11.3 Å². The molecule has 0 bridgehead atoms. The van der Waals surface area contributed by atoms with Crippen molar-refractivity contribution in [2.75, 3.05) is 12.4 Å². The first-order valence-corrected chi connectivity index (χ1v) is 6.21. The van der Waals surface area contributed by atoms with E-state index in [-0.39, 0.29) is 4.99 Å². The van der Waals surface area contributed by atoms with E-state index in [1.54, 1.807) is 13.3 Å². The Bertz CT molecular complexity index is 586. The molecular formula is C14H15N3OS. The summed E-state index contributed by atoms with van der Waals surface area (Å²) < 4.78 is 5.11. The van der Waals surface area contributed by atoms with Gasteiger partial charge < -0.3 is 15.8 Å². The summed E-state index contributed by atoms with van der Waals surface area (Å²) >= 11 is 4.99. The van der Waals surface area contributed by atoms with Gasteiger partial charge >= 0.3 is 0 Å². The van der Waals surface area contributed by atoms with Crippen molar-refractivity contribution in [3.05, 3.63) is 53.9 Å². The summed E-state index contributed by atoms with van der Waals surface area (Å²) in [6.07, 6.45) is 1.67. The Labute approximate surface area is 117 Å². The molecule has 0 aliphatic heterocycles. The number of rotatable bonds is 5. The number of benzene rings is 1. The summed E-state index contributed by atoms with van der Waals surface area (Å²) in [6.45, 7) is 0.574. The molecule has 19 heavy (non-hydrogen) atoms. The first-order valence-electron chi connectivity index (χ1n) is 5.80. The first-order chi connectivity index (χ1) is 9.20. The predicted octanol–water partition coefficient (Wildman–Crippen LogP) is 2.61.